The summed E-state index contributed by atoms with van der Waals surface area (Å²) in [6.45, 7) is 5.39. The number of hydrogen-bond acceptors (Lipinski definition) is 3. The Bertz CT molecular complexity index is 195. The Kier molecular flexibility index (Phi) is 12.5. The molecule has 0 saturated carbocycles. The van der Waals surface area contributed by atoms with Crippen LogP contribution in [0, 0.1) is 0 Å². The maximum absolute atomic E-state index is 4.38. The number of aliphatic imine (C=N–C) groups is 1. The van der Waals surface area contributed by atoms with E-state index in [1.54, 1.807) is 0 Å². The molecule has 0 amide bonds. The molecule has 0 aromatic rings. The fourth-order valence-corrected chi connectivity index (χ4v) is 1.94. The second kappa shape index (κ2) is 12.5. The van der Waals surface area contributed by atoms with Crippen LogP contribution in [0.4, 0.5) is 0 Å². The van der Waals surface area contributed by atoms with Crippen molar-refractivity contribution in [3.05, 3.63) is 0 Å². The van der Waals surface area contributed by atoms with Crippen molar-refractivity contribution >= 4 is 29.9 Å². The van der Waals surface area contributed by atoms with Gasteiger partial charge in [0.2, 0.25) is 0 Å². The fourth-order valence-electron chi connectivity index (χ4n) is 1.94. The standard InChI is InChI=1S/C13H27N3.HI/c1-2-3-4-5-6-7-8-10-14-13-15-11-9-12-16-13;/h2-12H2,1H3,(H2,14,15,16);1H. The zero-order valence-electron chi connectivity index (χ0n) is 11.1. The van der Waals surface area contributed by atoms with Crippen LogP contribution in [0.2, 0.25) is 0 Å². The second-order valence-corrected chi connectivity index (χ2v) is 4.56. The maximum atomic E-state index is 4.38. The predicted molar refractivity (Wildman–Crippen MR) is 86.3 cm³/mol. The number of hydrogen-bond donors (Lipinski definition) is 2. The highest BCUT2D eigenvalue weighted by molar-refractivity contribution is 14.0. The van der Waals surface area contributed by atoms with Crippen LogP contribution in [-0.2, 0) is 0 Å². The molecule has 17 heavy (non-hydrogen) atoms. The van der Waals surface area contributed by atoms with Crippen LogP contribution in [0.15, 0.2) is 4.99 Å². The van der Waals surface area contributed by atoms with Gasteiger partial charge in [0, 0.05) is 19.6 Å². The Balaban J connectivity index is 0.00000256. The Labute approximate surface area is 123 Å². The first kappa shape index (κ1) is 17.0. The van der Waals surface area contributed by atoms with Gasteiger partial charge in [0.15, 0.2) is 5.96 Å². The van der Waals surface area contributed by atoms with E-state index >= 15 is 0 Å². The molecule has 4 heteroatoms. The first-order valence-electron chi connectivity index (χ1n) is 6.95. The van der Waals surface area contributed by atoms with Crippen molar-refractivity contribution in [1.82, 2.24) is 10.6 Å². The molecule has 1 rings (SSSR count). The number of unbranched alkanes of at least 4 members (excludes halogenated alkanes) is 6. The normalized spacial score (nSPS) is 14.5. The summed E-state index contributed by atoms with van der Waals surface area (Å²) in [6, 6.07) is 0. The SMILES string of the molecule is CCCCCCCCCNC1=NCCCN1.I. The summed E-state index contributed by atoms with van der Waals surface area (Å²) in [5, 5.41) is 6.64. The Hall–Kier alpha value is 0. The first-order chi connectivity index (χ1) is 7.93. The van der Waals surface area contributed by atoms with Crippen molar-refractivity contribution in [3.8, 4) is 0 Å². The lowest BCUT2D eigenvalue weighted by atomic mass is 10.1. The quantitative estimate of drug-likeness (QED) is 0.519. The predicted octanol–water partition coefficient (Wildman–Crippen LogP) is 3.29. The van der Waals surface area contributed by atoms with Gasteiger partial charge in [-0.3, -0.25) is 4.99 Å². The minimum Gasteiger partial charge on any atom is -0.356 e. The molecule has 3 nitrogen and oxygen atoms in total. The molecule has 0 saturated heterocycles. The van der Waals surface area contributed by atoms with Crippen LogP contribution in [0.25, 0.3) is 0 Å². The van der Waals surface area contributed by atoms with Crippen LogP contribution < -0.4 is 10.6 Å². The molecule has 0 spiro atoms. The number of rotatable bonds is 8. The minimum absolute atomic E-state index is 0. The van der Waals surface area contributed by atoms with E-state index in [0.717, 1.165) is 25.6 Å². The van der Waals surface area contributed by atoms with Gasteiger partial charge < -0.3 is 10.6 Å². The molecule has 2 N–H and O–H groups in total. The Morgan fingerprint density at radius 1 is 1.12 bits per heavy atom. The van der Waals surface area contributed by atoms with E-state index in [2.05, 4.69) is 22.5 Å². The third-order valence-electron chi connectivity index (χ3n) is 2.97. The number of halogens is 1. The smallest absolute Gasteiger partial charge is 0.191 e. The molecule has 0 unspecified atom stereocenters. The lowest BCUT2D eigenvalue weighted by molar-refractivity contribution is 0.581. The lowest BCUT2D eigenvalue weighted by Crippen LogP contribution is -2.41. The van der Waals surface area contributed by atoms with Gasteiger partial charge in [-0.2, -0.15) is 0 Å². The van der Waals surface area contributed by atoms with Gasteiger partial charge in [0.25, 0.3) is 0 Å². The summed E-state index contributed by atoms with van der Waals surface area (Å²) in [5.41, 5.74) is 0. The van der Waals surface area contributed by atoms with Crippen LogP contribution in [-0.4, -0.2) is 25.6 Å². The summed E-state index contributed by atoms with van der Waals surface area (Å²) in [7, 11) is 0. The van der Waals surface area contributed by atoms with Gasteiger partial charge in [-0.1, -0.05) is 45.4 Å². The Morgan fingerprint density at radius 2 is 1.82 bits per heavy atom. The van der Waals surface area contributed by atoms with E-state index in [1.807, 2.05) is 0 Å². The average molecular weight is 353 g/mol. The molecule has 102 valence electrons. The van der Waals surface area contributed by atoms with Gasteiger partial charge >= 0.3 is 0 Å². The van der Waals surface area contributed by atoms with Gasteiger partial charge in [-0.15, -0.1) is 24.0 Å². The van der Waals surface area contributed by atoms with Crippen molar-refractivity contribution in [3.63, 3.8) is 0 Å². The molecule has 1 aliphatic heterocycles. The molecular weight excluding hydrogens is 325 g/mol. The zero-order chi connectivity index (χ0) is 11.5. The monoisotopic (exact) mass is 353 g/mol. The number of nitrogens with zero attached hydrogens (tertiary/aromatic N) is 1. The van der Waals surface area contributed by atoms with Gasteiger partial charge in [-0.25, -0.2) is 0 Å². The van der Waals surface area contributed by atoms with Crippen LogP contribution in [0.1, 0.15) is 58.3 Å². The van der Waals surface area contributed by atoms with E-state index in [-0.39, 0.29) is 24.0 Å². The van der Waals surface area contributed by atoms with Crippen molar-refractivity contribution in [2.75, 3.05) is 19.6 Å². The summed E-state index contributed by atoms with van der Waals surface area (Å²) >= 11 is 0. The maximum Gasteiger partial charge on any atom is 0.191 e. The summed E-state index contributed by atoms with van der Waals surface area (Å²) in [5.74, 6) is 1.01. The van der Waals surface area contributed by atoms with Gasteiger partial charge in [0.1, 0.15) is 0 Å². The van der Waals surface area contributed by atoms with Crippen LogP contribution >= 0.6 is 24.0 Å². The average Bonchev–Trinajstić information content (AvgIpc) is 2.34. The van der Waals surface area contributed by atoms with Gasteiger partial charge in [0.05, 0.1) is 0 Å². The molecule has 0 radical (unpaired) electrons. The number of guanidine groups is 1. The van der Waals surface area contributed by atoms with E-state index < -0.39 is 0 Å². The van der Waals surface area contributed by atoms with E-state index in [1.165, 1.54) is 51.4 Å². The molecule has 0 aliphatic carbocycles. The highest BCUT2D eigenvalue weighted by Gasteiger charge is 2.01. The van der Waals surface area contributed by atoms with Gasteiger partial charge in [-0.05, 0) is 12.8 Å². The van der Waals surface area contributed by atoms with E-state index in [0.29, 0.717) is 0 Å². The largest absolute Gasteiger partial charge is 0.356 e. The molecule has 1 heterocycles. The molecule has 0 aromatic carbocycles. The molecule has 0 atom stereocenters. The lowest BCUT2D eigenvalue weighted by Gasteiger charge is -2.15. The number of nitrogens with one attached hydrogen (secondary N) is 2. The van der Waals surface area contributed by atoms with Crippen LogP contribution in [0.5, 0.6) is 0 Å². The summed E-state index contributed by atoms with van der Waals surface area (Å²) < 4.78 is 0. The minimum atomic E-state index is 0. The van der Waals surface area contributed by atoms with E-state index in [4.69, 9.17) is 0 Å². The first-order valence-corrected chi connectivity index (χ1v) is 6.95. The third-order valence-corrected chi connectivity index (χ3v) is 2.97. The topological polar surface area (TPSA) is 36.4 Å². The summed E-state index contributed by atoms with van der Waals surface area (Å²) in [4.78, 5) is 4.38. The molecule has 0 aromatic heterocycles. The molecule has 0 fully saturated rings. The van der Waals surface area contributed by atoms with Crippen molar-refractivity contribution in [1.29, 1.82) is 0 Å². The van der Waals surface area contributed by atoms with E-state index in [9.17, 15) is 0 Å². The van der Waals surface area contributed by atoms with Crippen molar-refractivity contribution in [2.45, 2.75) is 58.3 Å². The highest BCUT2D eigenvalue weighted by atomic mass is 127. The zero-order valence-corrected chi connectivity index (χ0v) is 13.5. The fraction of sp³-hybridized carbons (Fsp3) is 0.923. The third kappa shape index (κ3) is 9.68. The second-order valence-electron chi connectivity index (χ2n) is 4.56. The van der Waals surface area contributed by atoms with Crippen molar-refractivity contribution < 1.29 is 0 Å². The summed E-state index contributed by atoms with van der Waals surface area (Å²) in [6.07, 6.45) is 10.7. The molecule has 0 bridgehead atoms. The molecule has 1 aliphatic rings. The molecular formula is C13H28IN3. The van der Waals surface area contributed by atoms with Crippen LogP contribution in [0.3, 0.4) is 0 Å². The Morgan fingerprint density at radius 3 is 2.47 bits per heavy atom. The highest BCUT2D eigenvalue weighted by Crippen LogP contribution is 2.06. The van der Waals surface area contributed by atoms with Crippen molar-refractivity contribution in [2.24, 2.45) is 4.99 Å².